The van der Waals surface area contributed by atoms with Crippen LogP contribution in [0, 0.1) is 0 Å². The first-order chi connectivity index (χ1) is 14.2. The minimum absolute atomic E-state index is 0.197. The maximum atomic E-state index is 6.17. The van der Waals surface area contributed by atoms with E-state index in [4.69, 9.17) is 16.3 Å². The van der Waals surface area contributed by atoms with Crippen molar-refractivity contribution < 1.29 is 4.74 Å². The molecule has 6 heteroatoms. The molecule has 0 N–H and O–H groups in total. The molecule has 144 valence electrons. The third kappa shape index (κ3) is 3.30. The summed E-state index contributed by atoms with van der Waals surface area (Å²) in [4.78, 5) is 0. The number of thioether (sulfide) groups is 1. The van der Waals surface area contributed by atoms with Crippen LogP contribution in [0.2, 0.25) is 5.02 Å². The average Bonchev–Trinajstić information content (AvgIpc) is 3.26. The molecule has 0 amide bonds. The van der Waals surface area contributed by atoms with Crippen LogP contribution in [0.1, 0.15) is 22.2 Å². The number of rotatable bonds is 5. The van der Waals surface area contributed by atoms with Crippen molar-refractivity contribution in [2.24, 2.45) is 7.05 Å². The minimum atomic E-state index is 0.197. The molecule has 5 rings (SSSR count). The summed E-state index contributed by atoms with van der Waals surface area (Å²) >= 11 is 7.89. The van der Waals surface area contributed by atoms with Gasteiger partial charge in [-0.15, -0.1) is 10.2 Å². The summed E-state index contributed by atoms with van der Waals surface area (Å²) in [6, 6.07) is 24.6. The van der Waals surface area contributed by atoms with Crippen LogP contribution in [0.25, 0.3) is 11.1 Å². The standard InChI is InChI=1S/C23H18ClN3OS/c1-27-21(14-28-20-13-7-6-12-19(20)24)25-26-23(27)29-22-17-10-4-2-8-15(17)16-9-3-5-11-18(16)22/h2-13,22H,14H2,1H3. The van der Waals surface area contributed by atoms with Gasteiger partial charge in [0.25, 0.3) is 0 Å². The summed E-state index contributed by atoms with van der Waals surface area (Å²) < 4.78 is 7.83. The van der Waals surface area contributed by atoms with Crippen molar-refractivity contribution in [3.05, 3.63) is 94.8 Å². The Morgan fingerprint density at radius 2 is 1.52 bits per heavy atom. The summed E-state index contributed by atoms with van der Waals surface area (Å²) in [5.41, 5.74) is 5.22. The summed E-state index contributed by atoms with van der Waals surface area (Å²) in [6.07, 6.45) is 0. The molecule has 0 saturated heterocycles. The third-order valence-corrected chi connectivity index (χ3v) is 6.74. The minimum Gasteiger partial charge on any atom is -0.484 e. The Bertz CT molecular complexity index is 1140. The molecule has 1 heterocycles. The molecule has 1 aromatic heterocycles. The number of ether oxygens (including phenoxy) is 1. The fourth-order valence-electron chi connectivity index (χ4n) is 3.62. The molecule has 0 spiro atoms. The second-order valence-corrected chi connectivity index (χ2v) is 8.33. The molecule has 0 atom stereocenters. The maximum absolute atomic E-state index is 6.17. The predicted molar refractivity (Wildman–Crippen MR) is 116 cm³/mol. The van der Waals surface area contributed by atoms with Gasteiger partial charge in [0, 0.05) is 7.05 Å². The first kappa shape index (κ1) is 18.3. The van der Waals surface area contributed by atoms with Gasteiger partial charge in [0.1, 0.15) is 12.4 Å². The molecule has 0 saturated carbocycles. The first-order valence-corrected chi connectivity index (χ1v) is 10.6. The van der Waals surface area contributed by atoms with Crippen molar-refractivity contribution in [1.29, 1.82) is 0 Å². The second kappa shape index (κ2) is 7.58. The molecule has 4 aromatic rings. The highest BCUT2D eigenvalue weighted by Crippen LogP contribution is 2.51. The van der Waals surface area contributed by atoms with Crippen LogP contribution in [-0.4, -0.2) is 14.8 Å². The molecule has 0 radical (unpaired) electrons. The Balaban J connectivity index is 1.40. The second-order valence-electron chi connectivity index (χ2n) is 6.85. The van der Waals surface area contributed by atoms with E-state index in [0.29, 0.717) is 17.4 Å². The van der Waals surface area contributed by atoms with Gasteiger partial charge in [-0.05, 0) is 34.4 Å². The van der Waals surface area contributed by atoms with E-state index in [1.165, 1.54) is 22.3 Å². The largest absolute Gasteiger partial charge is 0.484 e. The average molecular weight is 420 g/mol. The molecule has 1 aliphatic carbocycles. The SMILES string of the molecule is Cn1c(COc2ccccc2Cl)nnc1SC1c2ccccc2-c2ccccc21. The number of aromatic nitrogens is 3. The molecule has 3 aromatic carbocycles. The van der Waals surface area contributed by atoms with Crippen molar-refractivity contribution in [3.63, 3.8) is 0 Å². The lowest BCUT2D eigenvalue weighted by molar-refractivity contribution is 0.290. The normalized spacial score (nSPS) is 12.6. The van der Waals surface area contributed by atoms with Crippen LogP contribution in [0.5, 0.6) is 5.75 Å². The summed E-state index contributed by atoms with van der Waals surface area (Å²) in [5.74, 6) is 1.40. The highest BCUT2D eigenvalue weighted by molar-refractivity contribution is 7.99. The van der Waals surface area contributed by atoms with Gasteiger partial charge in [-0.3, -0.25) is 0 Å². The summed E-state index contributed by atoms with van der Waals surface area (Å²) in [6.45, 7) is 0.311. The van der Waals surface area contributed by atoms with E-state index in [9.17, 15) is 0 Å². The zero-order chi connectivity index (χ0) is 19.8. The lowest BCUT2D eigenvalue weighted by Gasteiger charge is -2.13. The van der Waals surface area contributed by atoms with Crippen molar-refractivity contribution in [2.45, 2.75) is 17.0 Å². The molecule has 1 aliphatic rings. The Hall–Kier alpha value is -2.76. The summed E-state index contributed by atoms with van der Waals surface area (Å²) in [7, 11) is 1.97. The zero-order valence-electron chi connectivity index (χ0n) is 15.7. The van der Waals surface area contributed by atoms with Crippen molar-refractivity contribution in [3.8, 4) is 16.9 Å². The van der Waals surface area contributed by atoms with Gasteiger partial charge < -0.3 is 9.30 Å². The molecule has 0 aliphatic heterocycles. The van der Waals surface area contributed by atoms with E-state index in [2.05, 4.69) is 58.7 Å². The van der Waals surface area contributed by atoms with Crippen LogP contribution in [-0.2, 0) is 13.7 Å². The molecule has 0 bridgehead atoms. The number of hydrogen-bond acceptors (Lipinski definition) is 4. The van der Waals surface area contributed by atoms with E-state index >= 15 is 0 Å². The van der Waals surface area contributed by atoms with E-state index in [1.54, 1.807) is 11.8 Å². The van der Waals surface area contributed by atoms with Crippen LogP contribution < -0.4 is 4.74 Å². The first-order valence-electron chi connectivity index (χ1n) is 9.33. The number of fused-ring (bicyclic) bond motifs is 3. The van der Waals surface area contributed by atoms with E-state index < -0.39 is 0 Å². The lowest BCUT2D eigenvalue weighted by Crippen LogP contribution is -2.05. The number of benzene rings is 3. The molecule has 4 nitrogen and oxygen atoms in total. The van der Waals surface area contributed by atoms with Gasteiger partial charge in [0.2, 0.25) is 0 Å². The Kier molecular flexibility index (Phi) is 4.78. The van der Waals surface area contributed by atoms with Gasteiger partial charge >= 0.3 is 0 Å². The van der Waals surface area contributed by atoms with Gasteiger partial charge in [0.05, 0.1) is 10.3 Å². The molecular formula is C23H18ClN3OS. The van der Waals surface area contributed by atoms with Crippen molar-refractivity contribution >= 4 is 23.4 Å². The predicted octanol–water partition coefficient (Wildman–Crippen LogP) is 5.91. The Morgan fingerprint density at radius 3 is 2.21 bits per heavy atom. The number of halogens is 1. The highest BCUT2D eigenvalue weighted by Gasteiger charge is 2.30. The fourth-order valence-corrected chi connectivity index (χ4v) is 5.04. The Labute approximate surface area is 178 Å². The van der Waals surface area contributed by atoms with Gasteiger partial charge in [-0.25, -0.2) is 0 Å². The molecular weight excluding hydrogens is 402 g/mol. The number of nitrogens with zero attached hydrogens (tertiary/aromatic N) is 3. The molecule has 0 fully saturated rings. The number of para-hydroxylation sites is 1. The molecule has 29 heavy (non-hydrogen) atoms. The highest BCUT2D eigenvalue weighted by atomic mass is 35.5. The van der Waals surface area contributed by atoms with Crippen LogP contribution in [0.3, 0.4) is 0 Å². The van der Waals surface area contributed by atoms with Gasteiger partial charge in [-0.1, -0.05) is 84.0 Å². The lowest BCUT2D eigenvalue weighted by atomic mass is 10.1. The monoisotopic (exact) mass is 419 g/mol. The zero-order valence-corrected chi connectivity index (χ0v) is 17.3. The van der Waals surface area contributed by atoms with Crippen LogP contribution in [0.4, 0.5) is 0 Å². The van der Waals surface area contributed by atoms with E-state index in [0.717, 1.165) is 11.0 Å². The third-order valence-electron chi connectivity index (χ3n) is 5.12. The summed E-state index contributed by atoms with van der Waals surface area (Å²) in [5, 5.41) is 10.4. The van der Waals surface area contributed by atoms with Crippen molar-refractivity contribution in [2.75, 3.05) is 0 Å². The fraction of sp³-hybridized carbons (Fsp3) is 0.130. The van der Waals surface area contributed by atoms with E-state index in [1.807, 2.05) is 35.9 Å². The Morgan fingerprint density at radius 1 is 0.897 bits per heavy atom. The van der Waals surface area contributed by atoms with E-state index in [-0.39, 0.29) is 5.25 Å². The van der Waals surface area contributed by atoms with Crippen LogP contribution >= 0.6 is 23.4 Å². The smallest absolute Gasteiger partial charge is 0.191 e. The quantitative estimate of drug-likeness (QED) is 0.403. The topological polar surface area (TPSA) is 39.9 Å². The van der Waals surface area contributed by atoms with Gasteiger partial charge in [0.15, 0.2) is 11.0 Å². The van der Waals surface area contributed by atoms with Gasteiger partial charge in [-0.2, -0.15) is 0 Å². The van der Waals surface area contributed by atoms with Crippen LogP contribution in [0.15, 0.2) is 78.0 Å². The number of hydrogen-bond donors (Lipinski definition) is 0. The maximum Gasteiger partial charge on any atom is 0.191 e. The van der Waals surface area contributed by atoms with Crippen molar-refractivity contribution in [1.82, 2.24) is 14.8 Å². The molecule has 0 unspecified atom stereocenters.